The molecule has 1 aliphatic rings. The second-order valence-electron chi connectivity index (χ2n) is 3.77. The predicted octanol–water partition coefficient (Wildman–Crippen LogP) is -8.33. The Hall–Kier alpha value is 0.520. The molecule has 0 aromatic carbocycles. The van der Waals surface area contributed by atoms with Crippen LogP contribution < -0.4 is 70.5 Å². The van der Waals surface area contributed by atoms with E-state index in [0.29, 0.717) is 0 Å². The van der Waals surface area contributed by atoms with Gasteiger partial charge >= 0.3 is 64.8 Å². The van der Waals surface area contributed by atoms with Gasteiger partial charge < -0.3 is 28.6 Å². The molecular weight excluding hydrogens is 276 g/mol. The Kier molecular flexibility index (Phi) is 8.30. The van der Waals surface area contributed by atoms with E-state index in [1.54, 1.807) is 0 Å². The summed E-state index contributed by atoms with van der Waals surface area (Å²) in [5.41, 5.74) is 4.63. The summed E-state index contributed by atoms with van der Waals surface area (Å²) in [6.45, 7) is -0.453. The summed E-state index contributed by atoms with van der Waals surface area (Å²) < 4.78 is 6.19. The summed E-state index contributed by atoms with van der Waals surface area (Å²) in [7, 11) is 0. The minimum atomic E-state index is -1.31. The molecule has 0 radical (unpaired) electrons. The van der Waals surface area contributed by atoms with E-state index in [0.717, 1.165) is 4.57 Å². The third-order valence-electron chi connectivity index (χ3n) is 2.64. The topological polar surface area (TPSA) is 131 Å². The van der Waals surface area contributed by atoms with E-state index in [9.17, 15) is 15.0 Å². The van der Waals surface area contributed by atoms with Crippen LogP contribution in [-0.4, -0.2) is 49.8 Å². The first-order chi connectivity index (χ1) is 8.04. The maximum atomic E-state index is 11.5. The van der Waals surface area contributed by atoms with Crippen molar-refractivity contribution in [3.8, 4) is 0 Å². The number of aliphatic hydroxyl groups is 3. The summed E-state index contributed by atoms with van der Waals surface area (Å²) in [6.07, 6.45) is -3.27. The van der Waals surface area contributed by atoms with Crippen molar-refractivity contribution in [2.24, 2.45) is 0 Å². The van der Waals surface area contributed by atoms with E-state index in [1.807, 2.05) is 0 Å². The van der Waals surface area contributed by atoms with Crippen LogP contribution in [0.4, 0.5) is 5.82 Å². The first kappa shape index (κ1) is 19.5. The first-order valence-corrected chi connectivity index (χ1v) is 5.01. The van der Waals surface area contributed by atoms with Crippen LogP contribution in [0.15, 0.2) is 17.1 Å². The van der Waals surface area contributed by atoms with Crippen molar-refractivity contribution in [1.29, 1.82) is 0 Å². The van der Waals surface area contributed by atoms with Crippen LogP contribution in [0.25, 0.3) is 0 Å². The number of aliphatic hydroxyl groups excluding tert-OH is 3. The second-order valence-corrected chi connectivity index (χ2v) is 3.77. The molecule has 1 aromatic rings. The molecule has 1 aliphatic heterocycles. The van der Waals surface area contributed by atoms with Crippen molar-refractivity contribution < 1.29 is 82.0 Å². The van der Waals surface area contributed by atoms with Crippen LogP contribution in [0.3, 0.4) is 0 Å². The Morgan fingerprint density at radius 2 is 2.05 bits per heavy atom. The van der Waals surface area contributed by atoms with Crippen molar-refractivity contribution in [2.75, 3.05) is 12.3 Å². The molecule has 1 saturated heterocycles. The Morgan fingerprint density at radius 1 is 1.42 bits per heavy atom. The molecule has 2 rings (SSSR count). The quantitative estimate of drug-likeness (QED) is 0.398. The summed E-state index contributed by atoms with van der Waals surface area (Å²) in [5, 5.41) is 28.2. The van der Waals surface area contributed by atoms with E-state index in [2.05, 4.69) is 4.98 Å². The number of rotatable bonds is 2. The van der Waals surface area contributed by atoms with E-state index in [4.69, 9.17) is 15.6 Å². The fourth-order valence-corrected chi connectivity index (χ4v) is 1.73. The number of hydrogen-bond donors (Lipinski definition) is 4. The number of hydrogen-bond acceptors (Lipinski definition) is 7. The van der Waals surface area contributed by atoms with E-state index < -0.39 is 36.8 Å². The normalized spacial score (nSPS) is 29.4. The van der Waals surface area contributed by atoms with Gasteiger partial charge in [-0.2, -0.15) is 4.98 Å². The summed E-state index contributed by atoms with van der Waals surface area (Å²) in [6, 6.07) is 1.37. The zero-order chi connectivity index (χ0) is 12.6. The molecule has 0 aliphatic carbocycles. The third kappa shape index (κ3) is 4.01. The minimum absolute atomic E-state index is 0. The maximum Gasteiger partial charge on any atom is 1.00 e. The number of anilines is 1. The van der Waals surface area contributed by atoms with Gasteiger partial charge in [-0.25, -0.2) is 4.79 Å². The van der Waals surface area contributed by atoms with Gasteiger partial charge in [0.1, 0.15) is 24.1 Å². The predicted molar refractivity (Wildman–Crippen MR) is 58.1 cm³/mol. The van der Waals surface area contributed by atoms with Crippen molar-refractivity contribution in [2.45, 2.75) is 24.5 Å². The summed E-state index contributed by atoms with van der Waals surface area (Å²) in [4.78, 5) is 15.0. The average Bonchev–Trinajstić information content (AvgIpc) is 2.57. The second kappa shape index (κ2) is 8.08. The van der Waals surface area contributed by atoms with Crippen molar-refractivity contribution in [3.05, 3.63) is 22.7 Å². The molecular formula is C9H15N3Na2O5. The van der Waals surface area contributed by atoms with Gasteiger partial charge in [0.15, 0.2) is 6.23 Å². The molecule has 98 valence electrons. The summed E-state index contributed by atoms with van der Waals surface area (Å²) in [5.74, 6) is 0.0537. The van der Waals surface area contributed by atoms with Gasteiger partial charge in [0, 0.05) is 6.20 Å². The Bertz CT molecular complexity index is 481. The van der Waals surface area contributed by atoms with Gasteiger partial charge in [0.2, 0.25) is 0 Å². The molecule has 0 saturated carbocycles. The fraction of sp³-hybridized carbons (Fsp3) is 0.556. The molecule has 2 unspecified atom stereocenters. The van der Waals surface area contributed by atoms with Crippen LogP contribution in [0.2, 0.25) is 0 Å². The molecule has 0 amide bonds. The molecule has 0 spiro atoms. The van der Waals surface area contributed by atoms with E-state index >= 15 is 0 Å². The number of aromatic nitrogens is 2. The van der Waals surface area contributed by atoms with Crippen LogP contribution in [-0.2, 0) is 4.74 Å². The van der Waals surface area contributed by atoms with Gasteiger partial charge in [0.25, 0.3) is 0 Å². The number of ether oxygens (including phenoxy) is 1. The zero-order valence-corrected chi connectivity index (χ0v) is 14.8. The van der Waals surface area contributed by atoms with E-state index in [-0.39, 0.29) is 67.8 Å². The van der Waals surface area contributed by atoms with Crippen molar-refractivity contribution in [1.82, 2.24) is 9.55 Å². The average molecular weight is 291 g/mol. The zero-order valence-electron chi connectivity index (χ0n) is 12.8. The number of nitrogens with zero attached hydrogens (tertiary/aromatic N) is 2. The third-order valence-corrected chi connectivity index (χ3v) is 2.64. The smallest absolute Gasteiger partial charge is 1.00 e. The van der Waals surface area contributed by atoms with Crippen LogP contribution in [0, 0.1) is 0 Å². The molecule has 4 atom stereocenters. The number of nitrogens with two attached hydrogens (primary N) is 1. The van der Waals surface area contributed by atoms with Crippen molar-refractivity contribution in [3.63, 3.8) is 0 Å². The van der Waals surface area contributed by atoms with Crippen LogP contribution in [0.1, 0.15) is 9.08 Å². The SMILES string of the molecule is Nc1ccn([C@@H]2O[C@H](CO)C(O)C2O)c(=O)n1.[H-].[H-].[Na+].[Na+]. The van der Waals surface area contributed by atoms with Gasteiger partial charge in [-0.3, -0.25) is 4.57 Å². The van der Waals surface area contributed by atoms with Crippen molar-refractivity contribution >= 4 is 5.82 Å². The Morgan fingerprint density at radius 3 is 2.53 bits per heavy atom. The Balaban J connectivity index is -0.000000810. The van der Waals surface area contributed by atoms with Gasteiger partial charge in [-0.15, -0.1) is 0 Å². The largest absolute Gasteiger partial charge is 1.00 e. The first-order valence-electron chi connectivity index (χ1n) is 5.01. The summed E-state index contributed by atoms with van der Waals surface area (Å²) >= 11 is 0. The standard InChI is InChI=1S/C9H13N3O5.2Na.2H/c10-5-1-2-12(9(16)11-5)8-7(15)6(14)4(3-13)17-8;;;;/h1-2,4,6-8,13-15H,3H2,(H2,10,11,16);;;;/q;2*+1;2*-1/t4-,6?,7?,8-;;;;/m1..../s1. The van der Waals surface area contributed by atoms with Gasteiger partial charge in [-0.1, -0.05) is 0 Å². The fourth-order valence-electron chi connectivity index (χ4n) is 1.73. The molecule has 2 heterocycles. The van der Waals surface area contributed by atoms with E-state index in [1.165, 1.54) is 12.3 Å². The van der Waals surface area contributed by atoms with Gasteiger partial charge in [0.05, 0.1) is 6.61 Å². The molecule has 10 heteroatoms. The monoisotopic (exact) mass is 291 g/mol. The molecule has 0 bridgehead atoms. The van der Waals surface area contributed by atoms with Crippen LogP contribution >= 0.6 is 0 Å². The maximum absolute atomic E-state index is 11.5. The Labute approximate surface area is 156 Å². The number of nitrogen functional groups attached to an aromatic ring is 1. The minimum Gasteiger partial charge on any atom is -1.00 e. The molecule has 8 nitrogen and oxygen atoms in total. The van der Waals surface area contributed by atoms with Gasteiger partial charge in [-0.05, 0) is 6.07 Å². The molecule has 19 heavy (non-hydrogen) atoms. The molecule has 1 fully saturated rings. The molecule has 5 N–H and O–H groups in total. The molecule has 1 aromatic heterocycles. The van der Waals surface area contributed by atoms with Crippen LogP contribution in [0.5, 0.6) is 0 Å².